The van der Waals surface area contributed by atoms with E-state index in [9.17, 15) is 4.79 Å². The van der Waals surface area contributed by atoms with Crippen LogP contribution in [-0.4, -0.2) is 34.3 Å². The number of amides is 2. The first-order chi connectivity index (χ1) is 7.78. The van der Waals surface area contributed by atoms with E-state index >= 15 is 0 Å². The van der Waals surface area contributed by atoms with E-state index in [2.05, 4.69) is 16.5 Å². The quantitative estimate of drug-likeness (QED) is 0.765. The Morgan fingerprint density at radius 3 is 3.00 bits per heavy atom. The molecule has 5 nitrogen and oxygen atoms in total. The minimum atomic E-state index is 0.000391. The lowest BCUT2D eigenvalue weighted by Gasteiger charge is -2.27. The summed E-state index contributed by atoms with van der Waals surface area (Å²) in [7, 11) is 1.67. The molecule has 0 spiro atoms. The smallest absolute Gasteiger partial charge is 0.317 e. The molecule has 0 aromatic carbocycles. The summed E-state index contributed by atoms with van der Waals surface area (Å²) in [4.78, 5) is 13.3. The summed E-state index contributed by atoms with van der Waals surface area (Å²) in [6.45, 7) is 2.24. The molecular weight excluding hydrogens is 204 g/mol. The lowest BCUT2D eigenvalue weighted by molar-refractivity contribution is 0.183. The summed E-state index contributed by atoms with van der Waals surface area (Å²) >= 11 is 0. The first-order valence-electron chi connectivity index (χ1n) is 5.81. The maximum Gasteiger partial charge on any atom is 0.317 e. The number of fused-ring (bicyclic) bond motifs is 1. The van der Waals surface area contributed by atoms with Gasteiger partial charge in [0.2, 0.25) is 0 Å². The third-order valence-corrected chi connectivity index (χ3v) is 3.31. The van der Waals surface area contributed by atoms with E-state index in [-0.39, 0.29) is 6.03 Å². The topological polar surface area (TPSA) is 50.2 Å². The first-order valence-corrected chi connectivity index (χ1v) is 5.81. The number of hydrogen-bond acceptors (Lipinski definition) is 2. The number of carbonyl (C=O) groups is 1. The van der Waals surface area contributed by atoms with E-state index in [1.807, 2.05) is 9.58 Å². The van der Waals surface area contributed by atoms with Crippen LogP contribution in [0.3, 0.4) is 0 Å². The van der Waals surface area contributed by atoms with Crippen LogP contribution in [0.2, 0.25) is 0 Å². The van der Waals surface area contributed by atoms with Crippen LogP contribution >= 0.6 is 0 Å². The molecule has 2 aliphatic rings. The second kappa shape index (κ2) is 3.50. The normalized spacial score (nSPS) is 19.4. The predicted octanol–water partition coefficient (Wildman–Crippen LogP) is 0.915. The largest absolute Gasteiger partial charge is 0.341 e. The molecule has 0 unspecified atom stereocenters. The molecule has 5 heteroatoms. The monoisotopic (exact) mass is 220 g/mol. The zero-order chi connectivity index (χ0) is 11.1. The molecule has 1 aromatic rings. The maximum absolute atomic E-state index is 11.5. The van der Waals surface area contributed by atoms with Crippen LogP contribution < -0.4 is 5.32 Å². The average Bonchev–Trinajstić information content (AvgIpc) is 3.07. The average molecular weight is 220 g/mol. The van der Waals surface area contributed by atoms with Crippen molar-refractivity contribution >= 4 is 6.03 Å². The Morgan fingerprint density at radius 1 is 1.50 bits per heavy atom. The minimum Gasteiger partial charge on any atom is -0.341 e. The van der Waals surface area contributed by atoms with Crippen molar-refractivity contribution in [3.63, 3.8) is 0 Å². The number of aromatic nitrogens is 2. The van der Waals surface area contributed by atoms with Gasteiger partial charge in [-0.1, -0.05) is 0 Å². The molecule has 2 heterocycles. The molecule has 0 radical (unpaired) electrons. The van der Waals surface area contributed by atoms with Gasteiger partial charge in [0.05, 0.1) is 24.5 Å². The van der Waals surface area contributed by atoms with Crippen molar-refractivity contribution in [2.24, 2.45) is 0 Å². The zero-order valence-corrected chi connectivity index (χ0v) is 9.44. The van der Waals surface area contributed by atoms with Crippen LogP contribution in [-0.2, 0) is 13.1 Å². The summed E-state index contributed by atoms with van der Waals surface area (Å²) < 4.78 is 2.05. The minimum absolute atomic E-state index is 0.000391. The Bertz CT molecular complexity index is 422. The zero-order valence-electron chi connectivity index (χ0n) is 9.44. The maximum atomic E-state index is 11.5. The van der Waals surface area contributed by atoms with Crippen molar-refractivity contribution in [1.82, 2.24) is 20.0 Å². The van der Waals surface area contributed by atoms with E-state index in [1.165, 1.54) is 18.5 Å². The van der Waals surface area contributed by atoms with Gasteiger partial charge in [-0.3, -0.25) is 4.68 Å². The van der Waals surface area contributed by atoms with Gasteiger partial charge in [0.1, 0.15) is 0 Å². The molecule has 86 valence electrons. The Morgan fingerprint density at radius 2 is 2.31 bits per heavy atom. The van der Waals surface area contributed by atoms with Crippen LogP contribution in [0, 0.1) is 0 Å². The molecule has 1 aliphatic heterocycles. The fourth-order valence-corrected chi connectivity index (χ4v) is 2.20. The van der Waals surface area contributed by atoms with Gasteiger partial charge in [-0.25, -0.2) is 4.79 Å². The number of nitrogens with zero attached hydrogens (tertiary/aromatic N) is 3. The van der Waals surface area contributed by atoms with Crippen molar-refractivity contribution < 1.29 is 4.79 Å². The predicted molar refractivity (Wildman–Crippen MR) is 59.1 cm³/mol. The number of carbonyl (C=O) groups excluding carboxylic acids is 1. The highest BCUT2D eigenvalue weighted by atomic mass is 16.2. The molecule has 0 saturated heterocycles. The Balaban J connectivity index is 1.80. The van der Waals surface area contributed by atoms with Crippen molar-refractivity contribution in [3.05, 3.63) is 17.5 Å². The van der Waals surface area contributed by atoms with Gasteiger partial charge in [0.25, 0.3) is 0 Å². The number of urea groups is 1. The van der Waals surface area contributed by atoms with Crippen molar-refractivity contribution in [1.29, 1.82) is 0 Å². The van der Waals surface area contributed by atoms with E-state index in [0.717, 1.165) is 18.8 Å². The van der Waals surface area contributed by atoms with Crippen LogP contribution in [0.5, 0.6) is 0 Å². The van der Waals surface area contributed by atoms with Crippen LogP contribution in [0.25, 0.3) is 0 Å². The van der Waals surface area contributed by atoms with Gasteiger partial charge in [0, 0.05) is 19.5 Å². The van der Waals surface area contributed by atoms with E-state index in [4.69, 9.17) is 0 Å². The third kappa shape index (κ3) is 1.56. The summed E-state index contributed by atoms with van der Waals surface area (Å²) in [5.74, 6) is 0.687. The van der Waals surface area contributed by atoms with Crippen molar-refractivity contribution in [3.8, 4) is 0 Å². The van der Waals surface area contributed by atoms with Gasteiger partial charge < -0.3 is 10.2 Å². The van der Waals surface area contributed by atoms with Gasteiger partial charge in [-0.15, -0.1) is 0 Å². The standard InChI is InChI=1S/C11H16N4O/c1-12-11(16)14-4-5-15-9(7-14)6-10(13-15)8-2-3-8/h6,8H,2-5,7H2,1H3,(H,12,16). The molecule has 1 fully saturated rings. The SMILES string of the molecule is CNC(=O)N1CCn2nc(C3CC3)cc2C1. The summed E-state index contributed by atoms with van der Waals surface area (Å²) in [6.07, 6.45) is 2.55. The Labute approximate surface area is 94.4 Å². The third-order valence-electron chi connectivity index (χ3n) is 3.31. The van der Waals surface area contributed by atoms with Gasteiger partial charge >= 0.3 is 6.03 Å². The fraction of sp³-hybridized carbons (Fsp3) is 0.636. The number of nitrogens with one attached hydrogen (secondary N) is 1. The summed E-state index contributed by atoms with van der Waals surface area (Å²) in [5, 5.41) is 7.26. The second-order valence-corrected chi connectivity index (χ2v) is 4.53. The molecule has 2 amide bonds. The van der Waals surface area contributed by atoms with E-state index in [0.29, 0.717) is 12.5 Å². The molecule has 1 N–H and O–H groups in total. The van der Waals surface area contributed by atoms with Crippen LogP contribution in [0.1, 0.15) is 30.1 Å². The molecule has 1 saturated carbocycles. The highest BCUT2D eigenvalue weighted by Gasteiger charge is 2.29. The van der Waals surface area contributed by atoms with E-state index in [1.54, 1.807) is 7.05 Å². The molecule has 3 rings (SSSR count). The lowest BCUT2D eigenvalue weighted by Crippen LogP contribution is -2.42. The molecule has 1 aromatic heterocycles. The summed E-state index contributed by atoms with van der Waals surface area (Å²) in [6, 6.07) is 2.16. The number of hydrogen-bond donors (Lipinski definition) is 1. The Hall–Kier alpha value is -1.52. The molecule has 1 aliphatic carbocycles. The first kappa shape index (κ1) is 9.69. The fourth-order valence-electron chi connectivity index (χ4n) is 2.20. The molecule has 0 bridgehead atoms. The van der Waals surface area contributed by atoms with Gasteiger partial charge in [-0.2, -0.15) is 5.10 Å². The van der Waals surface area contributed by atoms with Gasteiger partial charge in [0.15, 0.2) is 0 Å². The van der Waals surface area contributed by atoms with Crippen molar-refractivity contribution in [2.45, 2.75) is 31.8 Å². The molecule has 16 heavy (non-hydrogen) atoms. The number of rotatable bonds is 1. The van der Waals surface area contributed by atoms with E-state index < -0.39 is 0 Å². The second-order valence-electron chi connectivity index (χ2n) is 4.53. The van der Waals surface area contributed by atoms with Crippen LogP contribution in [0.4, 0.5) is 4.79 Å². The molecular formula is C11H16N4O. The van der Waals surface area contributed by atoms with Crippen molar-refractivity contribution in [2.75, 3.05) is 13.6 Å². The lowest BCUT2D eigenvalue weighted by atomic mass is 10.2. The van der Waals surface area contributed by atoms with Crippen LogP contribution in [0.15, 0.2) is 6.07 Å². The summed E-state index contributed by atoms with van der Waals surface area (Å²) in [5.41, 5.74) is 2.38. The highest BCUT2D eigenvalue weighted by Crippen LogP contribution is 2.39. The Kier molecular flexibility index (Phi) is 2.12. The van der Waals surface area contributed by atoms with Gasteiger partial charge in [-0.05, 0) is 18.9 Å². The molecule has 0 atom stereocenters. The highest BCUT2D eigenvalue weighted by molar-refractivity contribution is 5.73.